The summed E-state index contributed by atoms with van der Waals surface area (Å²) in [5.74, 6) is -0.103. The van der Waals surface area contributed by atoms with Gasteiger partial charge < -0.3 is 35.0 Å². The number of phenols is 1. The van der Waals surface area contributed by atoms with Crippen LogP contribution >= 0.6 is 0 Å². The van der Waals surface area contributed by atoms with Crippen LogP contribution in [0, 0.1) is 0 Å². The van der Waals surface area contributed by atoms with Gasteiger partial charge in [0.15, 0.2) is 11.5 Å². The second kappa shape index (κ2) is 7.08. The van der Waals surface area contributed by atoms with Crippen molar-refractivity contribution < 1.29 is 35.0 Å². The molecule has 2 rings (SSSR count). The maximum absolute atomic E-state index is 9.91. The normalized spacial score (nSPS) is 31.7. The lowest BCUT2D eigenvalue weighted by atomic mass is 9.99. The molecule has 5 N–H and O–H groups in total. The molecule has 1 heterocycles. The van der Waals surface area contributed by atoms with Gasteiger partial charge in [0.05, 0.1) is 6.61 Å². The van der Waals surface area contributed by atoms with Gasteiger partial charge in [-0.05, 0) is 24.1 Å². The highest BCUT2D eigenvalue weighted by atomic mass is 16.7. The van der Waals surface area contributed by atoms with Crippen LogP contribution in [-0.2, 0) is 11.2 Å². The maximum Gasteiger partial charge on any atom is 0.229 e. The number of aromatic hydroxyl groups is 1. The molecule has 0 unspecified atom stereocenters. The number of rotatable bonds is 5. The number of ether oxygens (including phenoxy) is 2. The Hall–Kier alpha value is -1.64. The summed E-state index contributed by atoms with van der Waals surface area (Å²) in [6, 6.07) is 4.67. The van der Waals surface area contributed by atoms with Crippen LogP contribution in [0.5, 0.6) is 11.5 Å². The number of aliphatic hydroxyl groups is 4. The van der Waals surface area contributed by atoms with Crippen molar-refractivity contribution in [2.75, 3.05) is 6.61 Å². The molecule has 5 atom stereocenters. The Bertz CT molecular complexity index is 517. The first-order valence-electron chi connectivity index (χ1n) is 6.88. The molecule has 1 aliphatic heterocycles. The molecule has 0 amide bonds. The van der Waals surface area contributed by atoms with Crippen molar-refractivity contribution in [1.82, 2.24) is 0 Å². The molecule has 1 fully saturated rings. The van der Waals surface area contributed by atoms with Crippen molar-refractivity contribution in [2.45, 2.75) is 37.1 Å². The first kappa shape index (κ1) is 16.7. The molecular weight excluding hydrogens is 292 g/mol. The third kappa shape index (κ3) is 3.40. The average Bonchev–Trinajstić information content (AvgIpc) is 2.51. The number of hydrogen-bond acceptors (Lipinski definition) is 7. The van der Waals surface area contributed by atoms with Gasteiger partial charge in [-0.15, -0.1) is 6.58 Å². The van der Waals surface area contributed by atoms with Crippen LogP contribution in [0.25, 0.3) is 0 Å². The highest BCUT2D eigenvalue weighted by Crippen LogP contribution is 2.31. The van der Waals surface area contributed by atoms with Gasteiger partial charge in [-0.2, -0.15) is 0 Å². The van der Waals surface area contributed by atoms with Gasteiger partial charge in [0.1, 0.15) is 24.4 Å². The van der Waals surface area contributed by atoms with Crippen molar-refractivity contribution in [2.24, 2.45) is 0 Å². The van der Waals surface area contributed by atoms with Crippen molar-refractivity contribution in [3.8, 4) is 11.5 Å². The lowest BCUT2D eigenvalue weighted by Crippen LogP contribution is -2.60. The molecule has 7 nitrogen and oxygen atoms in total. The summed E-state index contributed by atoms with van der Waals surface area (Å²) in [7, 11) is 0. The van der Waals surface area contributed by atoms with Crippen molar-refractivity contribution in [1.29, 1.82) is 0 Å². The summed E-state index contributed by atoms with van der Waals surface area (Å²) >= 11 is 0. The topological polar surface area (TPSA) is 120 Å². The Balaban J connectivity index is 2.18. The lowest BCUT2D eigenvalue weighted by molar-refractivity contribution is -0.277. The first-order chi connectivity index (χ1) is 10.5. The summed E-state index contributed by atoms with van der Waals surface area (Å²) in [4.78, 5) is 0. The second-order valence-electron chi connectivity index (χ2n) is 5.11. The van der Waals surface area contributed by atoms with Crippen LogP contribution in [0.2, 0.25) is 0 Å². The zero-order valence-electron chi connectivity index (χ0n) is 11.9. The van der Waals surface area contributed by atoms with Gasteiger partial charge >= 0.3 is 0 Å². The third-order valence-corrected chi connectivity index (χ3v) is 3.50. The summed E-state index contributed by atoms with van der Waals surface area (Å²) in [6.45, 7) is 3.07. The fraction of sp³-hybridized carbons (Fsp3) is 0.467. The predicted molar refractivity (Wildman–Crippen MR) is 76.4 cm³/mol. The number of aliphatic hydroxyl groups excluding tert-OH is 4. The van der Waals surface area contributed by atoms with E-state index in [0.29, 0.717) is 6.42 Å². The van der Waals surface area contributed by atoms with Gasteiger partial charge in [0.2, 0.25) is 6.29 Å². The fourth-order valence-electron chi connectivity index (χ4n) is 2.24. The maximum atomic E-state index is 9.91. The van der Waals surface area contributed by atoms with Crippen LogP contribution in [0.15, 0.2) is 30.9 Å². The van der Waals surface area contributed by atoms with Gasteiger partial charge in [-0.1, -0.05) is 12.1 Å². The molecule has 0 saturated carbocycles. The van der Waals surface area contributed by atoms with Gasteiger partial charge in [0.25, 0.3) is 0 Å². The van der Waals surface area contributed by atoms with Crippen LogP contribution in [0.3, 0.4) is 0 Å². The molecule has 0 aromatic heterocycles. The molecule has 1 aliphatic rings. The van der Waals surface area contributed by atoms with E-state index in [1.807, 2.05) is 0 Å². The van der Waals surface area contributed by atoms with E-state index >= 15 is 0 Å². The van der Waals surface area contributed by atoms with Crippen molar-refractivity contribution in [3.63, 3.8) is 0 Å². The highest BCUT2D eigenvalue weighted by molar-refractivity contribution is 5.42. The minimum atomic E-state index is -1.53. The molecule has 1 aromatic rings. The van der Waals surface area contributed by atoms with E-state index in [1.54, 1.807) is 18.2 Å². The van der Waals surface area contributed by atoms with Crippen LogP contribution in [0.1, 0.15) is 5.56 Å². The number of allylic oxidation sites excluding steroid dienone is 1. The number of phenolic OH excluding ortho intramolecular Hbond substituents is 1. The van der Waals surface area contributed by atoms with Crippen molar-refractivity contribution >= 4 is 0 Å². The SMILES string of the molecule is C=CCc1ccc(O)c(O[C@@H]2O[C@H](CO)[C@@H](O)[C@H](O)[C@H]2O)c1. The largest absolute Gasteiger partial charge is 0.504 e. The Morgan fingerprint density at radius 2 is 1.91 bits per heavy atom. The van der Waals surface area contributed by atoms with E-state index in [4.69, 9.17) is 14.6 Å². The Morgan fingerprint density at radius 1 is 1.18 bits per heavy atom. The molecule has 0 radical (unpaired) electrons. The minimum Gasteiger partial charge on any atom is -0.504 e. The van der Waals surface area contributed by atoms with E-state index in [-0.39, 0.29) is 11.5 Å². The molecule has 0 spiro atoms. The molecule has 122 valence electrons. The van der Waals surface area contributed by atoms with E-state index in [9.17, 15) is 20.4 Å². The molecule has 7 heteroatoms. The van der Waals surface area contributed by atoms with E-state index in [2.05, 4.69) is 6.58 Å². The fourth-order valence-corrected chi connectivity index (χ4v) is 2.24. The predicted octanol–water partition coefficient (Wildman–Crippen LogP) is -0.701. The van der Waals surface area contributed by atoms with Gasteiger partial charge in [-0.25, -0.2) is 0 Å². The summed E-state index contributed by atoms with van der Waals surface area (Å²) in [6.07, 6.45) is -4.67. The zero-order chi connectivity index (χ0) is 16.3. The summed E-state index contributed by atoms with van der Waals surface area (Å²) in [5.41, 5.74) is 0.826. The van der Waals surface area contributed by atoms with E-state index in [0.717, 1.165) is 5.56 Å². The first-order valence-corrected chi connectivity index (χ1v) is 6.88. The molecule has 22 heavy (non-hydrogen) atoms. The molecular formula is C15H20O7. The molecule has 0 bridgehead atoms. The second-order valence-corrected chi connectivity index (χ2v) is 5.11. The molecule has 0 aliphatic carbocycles. The number of hydrogen-bond donors (Lipinski definition) is 5. The quantitative estimate of drug-likeness (QED) is 0.456. The average molecular weight is 312 g/mol. The highest BCUT2D eigenvalue weighted by Gasteiger charge is 2.44. The lowest BCUT2D eigenvalue weighted by Gasteiger charge is -2.39. The standard InChI is InChI=1S/C15H20O7/c1-2-3-8-4-5-9(17)10(6-8)21-15-14(20)13(19)12(18)11(7-16)22-15/h2,4-6,11-20H,1,3,7H2/t11-,12-,13+,14-,15-/m1/s1. The smallest absolute Gasteiger partial charge is 0.229 e. The molecule has 1 saturated heterocycles. The Morgan fingerprint density at radius 3 is 2.55 bits per heavy atom. The Kier molecular flexibility index (Phi) is 5.38. The van der Waals surface area contributed by atoms with Crippen LogP contribution in [-0.4, -0.2) is 62.8 Å². The van der Waals surface area contributed by atoms with Gasteiger partial charge in [0, 0.05) is 0 Å². The van der Waals surface area contributed by atoms with Crippen LogP contribution < -0.4 is 4.74 Å². The summed E-state index contributed by atoms with van der Waals surface area (Å²) < 4.78 is 10.6. The van der Waals surface area contributed by atoms with E-state index < -0.39 is 37.3 Å². The zero-order valence-corrected chi connectivity index (χ0v) is 11.9. The monoisotopic (exact) mass is 312 g/mol. The minimum absolute atomic E-state index is 0.0590. The molecule has 1 aromatic carbocycles. The van der Waals surface area contributed by atoms with Crippen molar-refractivity contribution in [3.05, 3.63) is 36.4 Å². The Labute approximate surface area is 127 Å². The summed E-state index contributed by atoms with van der Waals surface area (Å²) in [5, 5.41) is 48.2. The van der Waals surface area contributed by atoms with E-state index in [1.165, 1.54) is 6.07 Å². The number of benzene rings is 1. The third-order valence-electron chi connectivity index (χ3n) is 3.50. The van der Waals surface area contributed by atoms with Crippen LogP contribution in [0.4, 0.5) is 0 Å². The van der Waals surface area contributed by atoms with Gasteiger partial charge in [-0.3, -0.25) is 0 Å².